The third-order valence-corrected chi connectivity index (χ3v) is 3.81. The lowest BCUT2D eigenvalue weighted by molar-refractivity contribution is -0.127. The van der Waals surface area contributed by atoms with Crippen LogP contribution in [0.15, 0.2) is 48.5 Å². The van der Waals surface area contributed by atoms with Gasteiger partial charge in [-0.25, -0.2) is 0 Å². The molecule has 25 heavy (non-hydrogen) atoms. The molecular weight excluding hydrogens is 363 g/mol. The standard InChI is InChI=1S/C18H18Cl2N2O3/c19-14-6-7-16(15(20)10-14)25-12-18(24)22-11-17(23)21-9-8-13-4-2-1-3-5-13/h1-7,10H,8-9,11-12H2,(H,21,23)(H,22,24). The minimum absolute atomic E-state index is 0.106. The van der Waals surface area contributed by atoms with Crippen LogP contribution in [0.1, 0.15) is 5.56 Å². The van der Waals surface area contributed by atoms with E-state index in [1.807, 2.05) is 30.3 Å². The van der Waals surface area contributed by atoms with Crippen molar-refractivity contribution in [3.63, 3.8) is 0 Å². The molecule has 0 saturated carbocycles. The van der Waals surface area contributed by atoms with Crippen molar-refractivity contribution in [2.75, 3.05) is 19.7 Å². The van der Waals surface area contributed by atoms with E-state index in [9.17, 15) is 9.59 Å². The molecule has 0 heterocycles. The van der Waals surface area contributed by atoms with Crippen LogP contribution in [0.25, 0.3) is 0 Å². The van der Waals surface area contributed by atoms with Crippen LogP contribution in [0.5, 0.6) is 5.75 Å². The van der Waals surface area contributed by atoms with Crippen LogP contribution in [0.3, 0.4) is 0 Å². The Kier molecular flexibility index (Phi) is 7.57. The van der Waals surface area contributed by atoms with Gasteiger partial charge in [-0.05, 0) is 30.2 Å². The Bertz CT molecular complexity index is 724. The van der Waals surface area contributed by atoms with Crippen molar-refractivity contribution >= 4 is 35.0 Å². The lowest BCUT2D eigenvalue weighted by Crippen LogP contribution is -2.39. The average Bonchev–Trinajstić information content (AvgIpc) is 2.60. The Morgan fingerprint density at radius 1 is 0.960 bits per heavy atom. The van der Waals surface area contributed by atoms with E-state index in [-0.39, 0.29) is 19.1 Å². The van der Waals surface area contributed by atoms with Crippen molar-refractivity contribution in [1.82, 2.24) is 10.6 Å². The van der Waals surface area contributed by atoms with Crippen LogP contribution < -0.4 is 15.4 Å². The highest BCUT2D eigenvalue weighted by Gasteiger charge is 2.08. The Hall–Kier alpha value is -2.24. The summed E-state index contributed by atoms with van der Waals surface area (Å²) in [5.74, 6) is -0.313. The number of nitrogens with one attached hydrogen (secondary N) is 2. The molecule has 7 heteroatoms. The Labute approximate surface area is 156 Å². The van der Waals surface area contributed by atoms with E-state index in [1.54, 1.807) is 12.1 Å². The summed E-state index contributed by atoms with van der Waals surface area (Å²) in [5.41, 5.74) is 1.14. The van der Waals surface area contributed by atoms with Gasteiger partial charge in [0, 0.05) is 11.6 Å². The molecule has 0 aliphatic rings. The maximum Gasteiger partial charge on any atom is 0.258 e. The van der Waals surface area contributed by atoms with Gasteiger partial charge in [0.05, 0.1) is 11.6 Å². The minimum Gasteiger partial charge on any atom is -0.482 e. The lowest BCUT2D eigenvalue weighted by atomic mass is 10.1. The van der Waals surface area contributed by atoms with E-state index < -0.39 is 5.91 Å². The van der Waals surface area contributed by atoms with Crippen molar-refractivity contribution in [2.45, 2.75) is 6.42 Å². The fraction of sp³-hybridized carbons (Fsp3) is 0.222. The summed E-state index contributed by atoms with van der Waals surface area (Å²) in [6.07, 6.45) is 0.735. The third-order valence-electron chi connectivity index (χ3n) is 3.28. The summed E-state index contributed by atoms with van der Waals surface area (Å²) >= 11 is 11.7. The van der Waals surface area contributed by atoms with Crippen LogP contribution in [0.2, 0.25) is 10.0 Å². The molecule has 0 atom stereocenters. The molecule has 2 amide bonds. The van der Waals surface area contributed by atoms with Crippen LogP contribution in [0.4, 0.5) is 0 Å². The number of rotatable bonds is 8. The van der Waals surface area contributed by atoms with Gasteiger partial charge in [0.1, 0.15) is 5.75 Å². The second-order valence-corrected chi connectivity index (χ2v) is 6.07. The molecule has 132 valence electrons. The first-order valence-corrected chi connectivity index (χ1v) is 8.45. The molecule has 2 aromatic rings. The molecule has 0 spiro atoms. The van der Waals surface area contributed by atoms with Gasteiger partial charge in [-0.15, -0.1) is 0 Å². The maximum absolute atomic E-state index is 11.7. The predicted octanol–water partition coefficient (Wildman–Crippen LogP) is 2.85. The van der Waals surface area contributed by atoms with Crippen LogP contribution in [-0.2, 0) is 16.0 Å². The highest BCUT2D eigenvalue weighted by atomic mass is 35.5. The number of benzene rings is 2. The molecule has 0 saturated heterocycles. The second kappa shape index (κ2) is 9.91. The number of carbonyl (C=O) groups is 2. The normalized spacial score (nSPS) is 10.2. The summed E-state index contributed by atoms with van der Waals surface area (Å²) in [4.78, 5) is 23.4. The fourth-order valence-electron chi connectivity index (χ4n) is 2.02. The number of halogens is 2. The average molecular weight is 381 g/mol. The van der Waals surface area contributed by atoms with Gasteiger partial charge in [0.25, 0.3) is 5.91 Å². The molecule has 0 unspecified atom stereocenters. The van der Waals surface area contributed by atoms with Crippen molar-refractivity contribution in [1.29, 1.82) is 0 Å². The molecule has 0 aliphatic carbocycles. The smallest absolute Gasteiger partial charge is 0.258 e. The number of carbonyl (C=O) groups excluding carboxylic acids is 2. The molecule has 2 N–H and O–H groups in total. The molecule has 2 rings (SSSR count). The molecule has 0 bridgehead atoms. The molecule has 0 fully saturated rings. The van der Waals surface area contributed by atoms with E-state index in [2.05, 4.69) is 10.6 Å². The predicted molar refractivity (Wildman–Crippen MR) is 98.1 cm³/mol. The summed E-state index contributed by atoms with van der Waals surface area (Å²) < 4.78 is 5.29. The third kappa shape index (κ3) is 7.03. The summed E-state index contributed by atoms with van der Waals surface area (Å²) in [7, 11) is 0. The Balaban J connectivity index is 1.63. The van der Waals surface area contributed by atoms with E-state index >= 15 is 0 Å². The first-order valence-electron chi connectivity index (χ1n) is 7.70. The maximum atomic E-state index is 11.7. The first kappa shape index (κ1) is 19.1. The number of hydrogen-bond donors (Lipinski definition) is 2. The monoisotopic (exact) mass is 380 g/mol. The zero-order chi connectivity index (χ0) is 18.1. The van der Waals surface area contributed by atoms with Gasteiger partial charge in [-0.1, -0.05) is 53.5 Å². The minimum atomic E-state index is -0.413. The van der Waals surface area contributed by atoms with Gasteiger partial charge < -0.3 is 15.4 Å². The van der Waals surface area contributed by atoms with Crippen molar-refractivity contribution < 1.29 is 14.3 Å². The van der Waals surface area contributed by atoms with Gasteiger partial charge in [0.2, 0.25) is 5.91 Å². The van der Waals surface area contributed by atoms with Crippen LogP contribution in [-0.4, -0.2) is 31.5 Å². The van der Waals surface area contributed by atoms with Gasteiger partial charge >= 0.3 is 0 Å². The van der Waals surface area contributed by atoms with Gasteiger partial charge in [0.15, 0.2) is 6.61 Å². The highest BCUT2D eigenvalue weighted by molar-refractivity contribution is 6.35. The van der Waals surface area contributed by atoms with Crippen molar-refractivity contribution in [3.8, 4) is 5.75 Å². The number of amides is 2. The molecule has 0 aromatic heterocycles. The largest absolute Gasteiger partial charge is 0.482 e. The number of hydrogen-bond acceptors (Lipinski definition) is 3. The highest BCUT2D eigenvalue weighted by Crippen LogP contribution is 2.27. The van der Waals surface area contributed by atoms with E-state index in [0.29, 0.717) is 22.3 Å². The summed E-state index contributed by atoms with van der Waals surface area (Å²) in [5, 5.41) is 6.03. The number of ether oxygens (including phenoxy) is 1. The zero-order valence-electron chi connectivity index (χ0n) is 13.4. The van der Waals surface area contributed by atoms with E-state index in [4.69, 9.17) is 27.9 Å². The van der Waals surface area contributed by atoms with Crippen LogP contribution >= 0.6 is 23.2 Å². The quantitative estimate of drug-likeness (QED) is 0.739. The molecule has 0 aliphatic heterocycles. The Morgan fingerprint density at radius 3 is 2.44 bits per heavy atom. The van der Waals surface area contributed by atoms with E-state index in [0.717, 1.165) is 12.0 Å². The summed E-state index contributed by atoms with van der Waals surface area (Å²) in [6, 6.07) is 14.5. The molecule has 0 radical (unpaired) electrons. The SMILES string of the molecule is O=C(CNC(=O)COc1ccc(Cl)cc1Cl)NCCc1ccccc1. The first-order chi connectivity index (χ1) is 12.0. The van der Waals surface area contributed by atoms with Crippen molar-refractivity contribution in [2.24, 2.45) is 0 Å². The lowest BCUT2D eigenvalue weighted by Gasteiger charge is -2.09. The van der Waals surface area contributed by atoms with Gasteiger partial charge in [-0.3, -0.25) is 9.59 Å². The molecular formula is C18H18Cl2N2O3. The Morgan fingerprint density at radius 2 is 1.72 bits per heavy atom. The fourth-order valence-corrected chi connectivity index (χ4v) is 2.48. The van der Waals surface area contributed by atoms with Crippen molar-refractivity contribution in [3.05, 3.63) is 64.1 Å². The molecule has 2 aromatic carbocycles. The second-order valence-electron chi connectivity index (χ2n) is 5.23. The topological polar surface area (TPSA) is 67.4 Å². The van der Waals surface area contributed by atoms with E-state index in [1.165, 1.54) is 6.07 Å². The summed E-state index contributed by atoms with van der Waals surface area (Å²) in [6.45, 7) is 0.166. The molecule has 5 nitrogen and oxygen atoms in total. The zero-order valence-corrected chi connectivity index (χ0v) is 14.9. The van der Waals surface area contributed by atoms with Crippen LogP contribution in [0, 0.1) is 0 Å². The van der Waals surface area contributed by atoms with Gasteiger partial charge in [-0.2, -0.15) is 0 Å².